The number of hydrogen-bond donors (Lipinski definition) is 1. The molecule has 4 rings (SSSR count). The highest BCUT2D eigenvalue weighted by molar-refractivity contribution is 9.10. The first kappa shape index (κ1) is 9.91. The van der Waals surface area contributed by atoms with Crippen LogP contribution in [0.4, 0.5) is 6.01 Å². The van der Waals surface area contributed by atoms with E-state index in [9.17, 15) is 0 Å². The van der Waals surface area contributed by atoms with Gasteiger partial charge in [0.15, 0.2) is 5.58 Å². The third-order valence-electron chi connectivity index (χ3n) is 3.64. The molecule has 0 saturated carbocycles. The van der Waals surface area contributed by atoms with Gasteiger partial charge in [0.05, 0.1) is 0 Å². The summed E-state index contributed by atoms with van der Waals surface area (Å²) >= 11 is 3.45. The van der Waals surface area contributed by atoms with Gasteiger partial charge in [0.1, 0.15) is 5.52 Å². The minimum atomic E-state index is 0.552. The van der Waals surface area contributed by atoms with E-state index in [1.165, 1.54) is 6.42 Å². The van der Waals surface area contributed by atoms with Gasteiger partial charge in [-0.2, -0.15) is 4.98 Å². The summed E-state index contributed by atoms with van der Waals surface area (Å²) < 4.78 is 6.86. The molecule has 0 aliphatic carbocycles. The standard InChI is InChI=1S/C12H12BrN3O/c13-7-1-2-11-10(3-7)15-12(17-11)16-6-8-4-9(16)5-14-8/h1-3,8-9,14H,4-6H2/t8-,9-/m0/s1. The SMILES string of the molecule is Brc1ccc2oc(N3C[C@@H]4C[C@H]3CN4)nc2c1. The highest BCUT2D eigenvalue weighted by Crippen LogP contribution is 2.31. The first-order chi connectivity index (χ1) is 8.29. The molecule has 5 heteroatoms. The van der Waals surface area contributed by atoms with Crippen LogP contribution in [0.2, 0.25) is 0 Å². The van der Waals surface area contributed by atoms with Gasteiger partial charge in [-0.3, -0.25) is 0 Å². The number of fused-ring (bicyclic) bond motifs is 3. The number of rotatable bonds is 1. The van der Waals surface area contributed by atoms with Crippen molar-refractivity contribution in [3.63, 3.8) is 0 Å². The normalized spacial score (nSPS) is 27.2. The molecular weight excluding hydrogens is 282 g/mol. The molecule has 2 atom stereocenters. The topological polar surface area (TPSA) is 41.3 Å². The van der Waals surface area contributed by atoms with Crippen LogP contribution in [0.1, 0.15) is 6.42 Å². The van der Waals surface area contributed by atoms with Crippen molar-refractivity contribution < 1.29 is 4.42 Å². The van der Waals surface area contributed by atoms with E-state index in [2.05, 4.69) is 31.1 Å². The second kappa shape index (κ2) is 3.46. The third-order valence-corrected chi connectivity index (χ3v) is 4.13. The van der Waals surface area contributed by atoms with Crippen molar-refractivity contribution in [1.29, 1.82) is 0 Å². The van der Waals surface area contributed by atoms with E-state index >= 15 is 0 Å². The van der Waals surface area contributed by atoms with Crippen molar-refractivity contribution in [1.82, 2.24) is 10.3 Å². The van der Waals surface area contributed by atoms with Crippen LogP contribution in [-0.4, -0.2) is 30.2 Å². The molecule has 2 aliphatic rings. The lowest BCUT2D eigenvalue weighted by Crippen LogP contribution is -2.43. The molecule has 2 aliphatic heterocycles. The Morgan fingerprint density at radius 1 is 1.47 bits per heavy atom. The van der Waals surface area contributed by atoms with Crippen LogP contribution < -0.4 is 10.2 Å². The average Bonchev–Trinajstić information content (AvgIpc) is 3.01. The first-order valence-electron chi connectivity index (χ1n) is 5.86. The number of hydrogen-bond acceptors (Lipinski definition) is 4. The molecule has 1 aromatic carbocycles. The Labute approximate surface area is 107 Å². The van der Waals surface area contributed by atoms with Crippen LogP contribution in [0.15, 0.2) is 27.1 Å². The second-order valence-corrected chi connectivity index (χ2v) is 5.67. The summed E-state index contributed by atoms with van der Waals surface area (Å²) in [5.74, 6) is 0. The van der Waals surface area contributed by atoms with Crippen LogP contribution in [0.5, 0.6) is 0 Å². The van der Waals surface area contributed by atoms with E-state index in [0.717, 1.165) is 34.7 Å². The Balaban J connectivity index is 1.76. The Bertz CT molecular complexity index is 582. The number of anilines is 1. The molecule has 2 bridgehead atoms. The number of benzene rings is 1. The number of oxazole rings is 1. The van der Waals surface area contributed by atoms with Gasteiger partial charge >= 0.3 is 0 Å². The third kappa shape index (κ3) is 1.49. The van der Waals surface area contributed by atoms with Gasteiger partial charge in [-0.1, -0.05) is 15.9 Å². The van der Waals surface area contributed by atoms with Crippen molar-refractivity contribution in [2.75, 3.05) is 18.0 Å². The largest absolute Gasteiger partial charge is 0.423 e. The molecule has 0 amide bonds. The van der Waals surface area contributed by atoms with Gasteiger partial charge in [0, 0.05) is 29.6 Å². The zero-order valence-electron chi connectivity index (χ0n) is 9.19. The lowest BCUT2D eigenvalue weighted by atomic mass is 10.2. The summed E-state index contributed by atoms with van der Waals surface area (Å²) in [4.78, 5) is 6.86. The summed E-state index contributed by atoms with van der Waals surface area (Å²) in [7, 11) is 0. The Kier molecular flexibility index (Phi) is 2.02. The van der Waals surface area contributed by atoms with Crippen molar-refractivity contribution in [2.24, 2.45) is 0 Å². The molecule has 3 heterocycles. The monoisotopic (exact) mass is 293 g/mol. The second-order valence-electron chi connectivity index (χ2n) is 4.76. The van der Waals surface area contributed by atoms with Gasteiger partial charge in [-0.25, -0.2) is 0 Å². The summed E-state index contributed by atoms with van der Waals surface area (Å²) in [6, 6.07) is 7.87. The molecule has 88 valence electrons. The van der Waals surface area contributed by atoms with Crippen molar-refractivity contribution in [3.8, 4) is 0 Å². The maximum absolute atomic E-state index is 5.83. The van der Waals surface area contributed by atoms with E-state index in [1.54, 1.807) is 0 Å². The van der Waals surface area contributed by atoms with Crippen LogP contribution in [-0.2, 0) is 0 Å². The summed E-state index contributed by atoms with van der Waals surface area (Å²) in [6.07, 6.45) is 1.21. The predicted molar refractivity (Wildman–Crippen MR) is 69.3 cm³/mol. The summed E-state index contributed by atoms with van der Waals surface area (Å²) in [5, 5.41) is 3.48. The van der Waals surface area contributed by atoms with E-state index in [0.29, 0.717) is 12.1 Å². The fourth-order valence-corrected chi connectivity index (χ4v) is 3.16. The first-order valence-corrected chi connectivity index (χ1v) is 6.65. The smallest absolute Gasteiger partial charge is 0.298 e. The molecule has 2 aromatic rings. The molecule has 2 fully saturated rings. The molecule has 17 heavy (non-hydrogen) atoms. The van der Waals surface area contributed by atoms with Crippen LogP contribution in [0.25, 0.3) is 11.1 Å². The van der Waals surface area contributed by atoms with Gasteiger partial charge in [-0.05, 0) is 24.6 Å². The minimum Gasteiger partial charge on any atom is -0.423 e. The molecule has 1 N–H and O–H groups in total. The van der Waals surface area contributed by atoms with E-state index in [4.69, 9.17) is 4.42 Å². The van der Waals surface area contributed by atoms with Crippen LogP contribution in [0.3, 0.4) is 0 Å². The predicted octanol–water partition coefficient (Wildman–Crippen LogP) is 2.14. The highest BCUT2D eigenvalue weighted by Gasteiger charge is 2.39. The maximum Gasteiger partial charge on any atom is 0.298 e. The fraction of sp³-hybridized carbons (Fsp3) is 0.417. The van der Waals surface area contributed by atoms with Gasteiger partial charge in [0.2, 0.25) is 0 Å². The summed E-state index contributed by atoms with van der Waals surface area (Å²) in [6.45, 7) is 2.06. The van der Waals surface area contributed by atoms with Crippen LogP contribution >= 0.6 is 15.9 Å². The zero-order valence-corrected chi connectivity index (χ0v) is 10.8. The van der Waals surface area contributed by atoms with Gasteiger partial charge in [0.25, 0.3) is 6.01 Å². The molecule has 0 radical (unpaired) electrons. The maximum atomic E-state index is 5.83. The molecule has 2 saturated heterocycles. The van der Waals surface area contributed by atoms with E-state index in [1.807, 2.05) is 18.2 Å². The Morgan fingerprint density at radius 2 is 2.41 bits per heavy atom. The molecule has 4 nitrogen and oxygen atoms in total. The zero-order chi connectivity index (χ0) is 11.4. The van der Waals surface area contributed by atoms with E-state index in [-0.39, 0.29) is 0 Å². The molecule has 1 aromatic heterocycles. The molecular formula is C12H12BrN3O. The lowest BCUT2D eigenvalue weighted by Gasteiger charge is -2.25. The van der Waals surface area contributed by atoms with E-state index < -0.39 is 0 Å². The van der Waals surface area contributed by atoms with Crippen LogP contribution in [0, 0.1) is 0 Å². The molecule has 0 spiro atoms. The number of piperazine rings is 1. The van der Waals surface area contributed by atoms with Gasteiger partial charge in [-0.15, -0.1) is 0 Å². The lowest BCUT2D eigenvalue weighted by molar-refractivity contribution is 0.514. The Morgan fingerprint density at radius 3 is 3.18 bits per heavy atom. The quantitative estimate of drug-likeness (QED) is 0.875. The Hall–Kier alpha value is -1.07. The minimum absolute atomic E-state index is 0.552. The number of halogens is 1. The van der Waals surface area contributed by atoms with Crippen molar-refractivity contribution >= 4 is 33.0 Å². The van der Waals surface area contributed by atoms with Crippen molar-refractivity contribution in [2.45, 2.75) is 18.5 Å². The summed E-state index contributed by atoms with van der Waals surface area (Å²) in [5.41, 5.74) is 1.78. The van der Waals surface area contributed by atoms with Crippen molar-refractivity contribution in [3.05, 3.63) is 22.7 Å². The number of aromatic nitrogens is 1. The fourth-order valence-electron chi connectivity index (χ4n) is 2.81. The number of nitrogens with one attached hydrogen (secondary N) is 1. The van der Waals surface area contributed by atoms with Gasteiger partial charge < -0.3 is 14.6 Å². The molecule has 0 unspecified atom stereocenters. The average molecular weight is 294 g/mol. The highest BCUT2D eigenvalue weighted by atomic mass is 79.9. The number of nitrogens with zero attached hydrogens (tertiary/aromatic N) is 2.